The van der Waals surface area contributed by atoms with E-state index in [0.717, 1.165) is 53.3 Å². The van der Waals surface area contributed by atoms with Crippen molar-refractivity contribution in [1.82, 2.24) is 15.0 Å². The second kappa shape index (κ2) is 10.4. The molecule has 1 amide bonds. The van der Waals surface area contributed by atoms with Crippen LogP contribution in [-0.4, -0.2) is 26.6 Å². The number of nitrogens with zero attached hydrogens (tertiary/aromatic N) is 3. The molecule has 0 aliphatic heterocycles. The van der Waals surface area contributed by atoms with E-state index >= 15 is 0 Å². The molecule has 2 aromatic heterocycles. The molecule has 1 aliphatic carbocycles. The first kappa shape index (κ1) is 23.8. The highest BCUT2D eigenvalue weighted by Gasteiger charge is 2.28. The third-order valence-corrected chi connectivity index (χ3v) is 7.12. The molecule has 2 heterocycles. The van der Waals surface area contributed by atoms with E-state index in [4.69, 9.17) is 11.6 Å². The lowest BCUT2D eigenvalue weighted by atomic mass is 9.75. The molecule has 0 radical (unpaired) electrons. The summed E-state index contributed by atoms with van der Waals surface area (Å²) in [6, 6.07) is 14.7. The first-order chi connectivity index (χ1) is 17.5. The third kappa shape index (κ3) is 4.90. The molecule has 0 spiro atoms. The summed E-state index contributed by atoms with van der Waals surface area (Å²) in [5.74, 6) is 0.490. The Labute approximate surface area is 214 Å². The van der Waals surface area contributed by atoms with Crippen molar-refractivity contribution in [2.45, 2.75) is 31.6 Å². The summed E-state index contributed by atoms with van der Waals surface area (Å²) in [6.45, 7) is 3.67. The van der Waals surface area contributed by atoms with Crippen molar-refractivity contribution in [2.75, 3.05) is 5.32 Å². The Balaban J connectivity index is 1.49. The van der Waals surface area contributed by atoms with Crippen molar-refractivity contribution < 1.29 is 9.59 Å². The van der Waals surface area contributed by atoms with Gasteiger partial charge in [-0.05, 0) is 78.8 Å². The molecule has 1 fully saturated rings. The van der Waals surface area contributed by atoms with Gasteiger partial charge in [0.15, 0.2) is 5.78 Å². The van der Waals surface area contributed by atoms with Crippen molar-refractivity contribution in [3.05, 3.63) is 96.1 Å². The van der Waals surface area contributed by atoms with Gasteiger partial charge in [-0.15, -0.1) is 0 Å². The van der Waals surface area contributed by atoms with E-state index in [1.807, 2.05) is 18.2 Å². The Morgan fingerprint density at radius 1 is 1.08 bits per heavy atom. The maximum atomic E-state index is 12.7. The van der Waals surface area contributed by atoms with Gasteiger partial charge in [-0.3, -0.25) is 9.59 Å². The number of pyridine rings is 1. The Kier molecular flexibility index (Phi) is 6.87. The van der Waals surface area contributed by atoms with Crippen LogP contribution in [0, 0.1) is 5.92 Å². The molecule has 1 saturated carbocycles. The minimum absolute atomic E-state index is 0.0118. The number of rotatable bonds is 6. The Bertz CT molecular complexity index is 1450. The lowest BCUT2D eigenvalue weighted by Crippen LogP contribution is -2.21. The summed E-state index contributed by atoms with van der Waals surface area (Å²) in [7, 11) is 0. The second-order valence-electron chi connectivity index (χ2n) is 9.06. The number of fused-ring (bicyclic) bond motifs is 1. The van der Waals surface area contributed by atoms with Crippen LogP contribution in [0.4, 0.5) is 5.82 Å². The molecule has 7 heteroatoms. The zero-order valence-electron chi connectivity index (χ0n) is 19.7. The fourth-order valence-corrected chi connectivity index (χ4v) is 5.30. The monoisotopic (exact) mass is 496 g/mol. The summed E-state index contributed by atoms with van der Waals surface area (Å²) in [5, 5.41) is 4.16. The highest BCUT2D eigenvalue weighted by Crippen LogP contribution is 2.41. The van der Waals surface area contributed by atoms with Crippen molar-refractivity contribution in [3.63, 3.8) is 0 Å². The van der Waals surface area contributed by atoms with Gasteiger partial charge in [0.25, 0.3) is 5.91 Å². The molecule has 1 aliphatic rings. The second-order valence-corrected chi connectivity index (χ2v) is 9.46. The molecule has 36 heavy (non-hydrogen) atoms. The number of carbonyl (C=O) groups excluding carboxylic acids is 2. The van der Waals surface area contributed by atoms with Crippen LogP contribution < -0.4 is 5.32 Å². The number of hydrogen-bond donors (Lipinski definition) is 1. The molecule has 6 nitrogen and oxygen atoms in total. The van der Waals surface area contributed by atoms with Crippen LogP contribution in [0.25, 0.3) is 22.0 Å². The molecule has 4 aromatic rings. The zero-order chi connectivity index (χ0) is 25.1. The van der Waals surface area contributed by atoms with Gasteiger partial charge in [0.1, 0.15) is 12.1 Å². The quantitative estimate of drug-likeness (QED) is 0.303. The van der Waals surface area contributed by atoms with Crippen LogP contribution in [-0.2, 0) is 4.79 Å². The minimum atomic E-state index is -0.283. The van der Waals surface area contributed by atoms with E-state index in [2.05, 4.69) is 32.9 Å². The lowest BCUT2D eigenvalue weighted by molar-refractivity contribution is -0.119. The van der Waals surface area contributed by atoms with Crippen LogP contribution in [0.15, 0.2) is 79.9 Å². The van der Waals surface area contributed by atoms with Gasteiger partial charge in [0.05, 0.1) is 5.52 Å². The van der Waals surface area contributed by atoms with Crippen molar-refractivity contribution in [2.24, 2.45) is 5.92 Å². The first-order valence-electron chi connectivity index (χ1n) is 12.0. The Morgan fingerprint density at radius 2 is 1.97 bits per heavy atom. The van der Waals surface area contributed by atoms with Crippen LogP contribution >= 0.6 is 11.6 Å². The average molecular weight is 497 g/mol. The van der Waals surface area contributed by atoms with Gasteiger partial charge in [-0.25, -0.2) is 15.0 Å². The van der Waals surface area contributed by atoms with Gasteiger partial charge in [0, 0.05) is 39.8 Å². The average Bonchev–Trinajstić information content (AvgIpc) is 2.92. The fraction of sp³-hybridized carbons (Fsp3) is 0.207. The number of benzene rings is 2. The molecule has 1 N–H and O–H groups in total. The lowest BCUT2D eigenvalue weighted by Gasteiger charge is -2.29. The van der Waals surface area contributed by atoms with Gasteiger partial charge < -0.3 is 5.32 Å². The predicted molar refractivity (Wildman–Crippen MR) is 142 cm³/mol. The number of halogens is 1. The zero-order valence-corrected chi connectivity index (χ0v) is 20.4. The van der Waals surface area contributed by atoms with Crippen LogP contribution in [0.3, 0.4) is 0 Å². The summed E-state index contributed by atoms with van der Waals surface area (Å²) in [4.78, 5) is 38.0. The summed E-state index contributed by atoms with van der Waals surface area (Å²) in [6.07, 6.45) is 10.0. The maximum Gasteiger partial charge on any atom is 0.256 e. The largest absolute Gasteiger partial charge is 0.307 e. The van der Waals surface area contributed by atoms with E-state index in [9.17, 15) is 9.59 Å². The number of hydrogen-bond acceptors (Lipinski definition) is 5. The number of ketones is 1. The minimum Gasteiger partial charge on any atom is -0.307 e. The fourth-order valence-electron chi connectivity index (χ4n) is 5.01. The van der Waals surface area contributed by atoms with E-state index < -0.39 is 0 Å². The van der Waals surface area contributed by atoms with E-state index in [0.29, 0.717) is 16.4 Å². The number of carbonyl (C=O) groups is 2. The highest BCUT2D eigenvalue weighted by molar-refractivity contribution is 6.34. The molecule has 0 bridgehead atoms. The van der Waals surface area contributed by atoms with Crippen LogP contribution in [0.2, 0.25) is 5.02 Å². The third-order valence-electron chi connectivity index (χ3n) is 6.80. The molecule has 2 aromatic carbocycles. The van der Waals surface area contributed by atoms with Crippen molar-refractivity contribution in [1.29, 1.82) is 0 Å². The number of anilines is 1. The maximum absolute atomic E-state index is 12.7. The Morgan fingerprint density at radius 3 is 2.75 bits per heavy atom. The molecular weight excluding hydrogens is 472 g/mol. The molecule has 5 rings (SSSR count). The summed E-state index contributed by atoms with van der Waals surface area (Å²) < 4.78 is 0. The number of amides is 1. The number of nitrogens with one attached hydrogen (secondary N) is 1. The topological polar surface area (TPSA) is 84.8 Å². The normalized spacial score (nSPS) is 17.5. The Hall–Kier alpha value is -3.90. The van der Waals surface area contributed by atoms with Gasteiger partial charge in [0.2, 0.25) is 0 Å². The molecule has 2 atom stereocenters. The van der Waals surface area contributed by atoms with E-state index in [1.54, 1.807) is 43.0 Å². The van der Waals surface area contributed by atoms with Gasteiger partial charge in [-0.2, -0.15) is 0 Å². The summed E-state index contributed by atoms with van der Waals surface area (Å²) >= 11 is 6.70. The van der Waals surface area contributed by atoms with Crippen molar-refractivity contribution >= 4 is 40.0 Å². The first-order valence-corrected chi connectivity index (χ1v) is 12.3. The smallest absolute Gasteiger partial charge is 0.256 e. The molecule has 2 unspecified atom stereocenters. The van der Waals surface area contributed by atoms with Gasteiger partial charge >= 0.3 is 0 Å². The predicted octanol–water partition coefficient (Wildman–Crippen LogP) is 6.63. The number of aromatic nitrogens is 3. The van der Waals surface area contributed by atoms with E-state index in [-0.39, 0.29) is 23.5 Å². The van der Waals surface area contributed by atoms with Crippen LogP contribution in [0.5, 0.6) is 0 Å². The van der Waals surface area contributed by atoms with Gasteiger partial charge in [-0.1, -0.05) is 36.7 Å². The molecular formula is C29H25ClN4O2. The van der Waals surface area contributed by atoms with Crippen LogP contribution in [0.1, 0.15) is 47.5 Å². The summed E-state index contributed by atoms with van der Waals surface area (Å²) in [5.41, 5.74) is 4.17. The van der Waals surface area contributed by atoms with Crippen molar-refractivity contribution in [3.8, 4) is 11.1 Å². The molecule has 180 valence electrons. The van der Waals surface area contributed by atoms with E-state index in [1.165, 1.54) is 6.08 Å². The number of allylic oxidation sites excluding steroid dienone is 1. The SMILES string of the molecule is C=CC(=O)C1CCCC(c2cc(-c3ccc(C(=O)Nc4ccccn4)cc3Cl)cc3cncnc23)C1. The molecule has 0 saturated heterocycles. The highest BCUT2D eigenvalue weighted by atomic mass is 35.5. The standard InChI is InChI=1S/C29H25ClN4O2/c1-2-26(35)19-7-5-6-18(12-19)24-14-21(13-22-16-31-17-33-28(22)24)23-10-9-20(15-25(23)30)29(36)34-27-8-3-4-11-32-27/h2-4,8-11,13-19H,1,5-7,12H2,(H,32,34,36).